The van der Waals surface area contributed by atoms with Crippen molar-refractivity contribution in [3.8, 4) is 10.8 Å². The lowest BCUT2D eigenvalue weighted by Gasteiger charge is -2.30. The van der Waals surface area contributed by atoms with Gasteiger partial charge in [0.25, 0.3) is 0 Å². The first kappa shape index (κ1) is 11.3. The van der Waals surface area contributed by atoms with Crippen LogP contribution in [0.3, 0.4) is 0 Å². The highest BCUT2D eigenvalue weighted by Crippen LogP contribution is 2.31. The van der Waals surface area contributed by atoms with E-state index in [1.54, 1.807) is 11.3 Å². The topological polar surface area (TPSA) is 71.2 Å². The maximum atomic E-state index is 4.75. The van der Waals surface area contributed by atoms with Gasteiger partial charge in [-0.3, -0.25) is 0 Å². The molecule has 0 radical (unpaired) electrons. The normalized spacial score (nSPS) is 26.6. The number of rotatable bonds is 2. The van der Waals surface area contributed by atoms with E-state index in [0.29, 0.717) is 11.9 Å². The molecule has 0 amide bonds. The van der Waals surface area contributed by atoms with Gasteiger partial charge in [0.1, 0.15) is 0 Å². The summed E-state index contributed by atoms with van der Waals surface area (Å²) in [6, 6.07) is 0.602. The zero-order chi connectivity index (χ0) is 12.7. The van der Waals surface area contributed by atoms with E-state index in [-0.39, 0.29) is 0 Å². The molecule has 0 spiro atoms. The van der Waals surface area contributed by atoms with Crippen LogP contribution >= 0.6 is 11.3 Å². The molecule has 0 aliphatic carbocycles. The lowest BCUT2D eigenvalue weighted by molar-refractivity contribution is 0.250. The third-order valence-electron chi connectivity index (χ3n) is 3.87. The third kappa shape index (κ3) is 2.00. The fraction of sp³-hybridized carbons (Fsp3) is 0.636. The highest BCUT2D eigenvalue weighted by Gasteiger charge is 2.31. The number of hydrogen-bond acceptors (Lipinski definition) is 8. The van der Waals surface area contributed by atoms with Crippen molar-refractivity contribution in [1.29, 1.82) is 0 Å². The quantitative estimate of drug-likeness (QED) is 0.807. The van der Waals surface area contributed by atoms with E-state index in [1.165, 1.54) is 32.3 Å². The van der Waals surface area contributed by atoms with Gasteiger partial charge in [0, 0.05) is 32.2 Å². The fourth-order valence-corrected chi connectivity index (χ4v) is 3.70. The second-order valence-corrected chi connectivity index (χ2v) is 5.87. The van der Waals surface area contributed by atoms with Gasteiger partial charge in [0.2, 0.25) is 17.3 Å². The summed E-state index contributed by atoms with van der Waals surface area (Å²) in [6.45, 7) is 4.56. The Hall–Kier alpha value is -1.54. The van der Waals surface area contributed by atoms with Crippen molar-refractivity contribution in [2.75, 3.05) is 31.1 Å². The van der Waals surface area contributed by atoms with Gasteiger partial charge < -0.3 is 14.3 Å². The number of fused-ring (bicyclic) bond motifs is 4. The van der Waals surface area contributed by atoms with Crippen LogP contribution in [0, 0.1) is 0 Å². The molecular weight excluding hydrogens is 264 g/mol. The van der Waals surface area contributed by atoms with E-state index >= 15 is 0 Å². The van der Waals surface area contributed by atoms with Crippen LogP contribution in [-0.4, -0.2) is 57.5 Å². The molecule has 0 aromatic carbocycles. The molecule has 5 rings (SSSR count). The minimum absolute atomic E-state index is 0.520. The first-order valence-electron chi connectivity index (χ1n) is 6.49. The molecule has 0 unspecified atom stereocenters. The van der Waals surface area contributed by atoms with Gasteiger partial charge in [-0.1, -0.05) is 16.5 Å². The smallest absolute Gasteiger partial charge is 0.233 e. The van der Waals surface area contributed by atoms with Crippen molar-refractivity contribution in [2.24, 2.45) is 0 Å². The molecule has 0 saturated carbocycles. The molecule has 8 heteroatoms. The van der Waals surface area contributed by atoms with Crippen LogP contribution in [0.2, 0.25) is 0 Å². The molecule has 7 nitrogen and oxygen atoms in total. The molecular formula is C11H14N6OS. The minimum atomic E-state index is 0.520. The van der Waals surface area contributed by atoms with Crippen LogP contribution in [0.4, 0.5) is 5.13 Å². The highest BCUT2D eigenvalue weighted by atomic mass is 32.1. The van der Waals surface area contributed by atoms with Crippen molar-refractivity contribution in [2.45, 2.75) is 18.9 Å². The molecule has 2 aromatic rings. The molecule has 2 aromatic heterocycles. The van der Waals surface area contributed by atoms with Gasteiger partial charge in [0.15, 0.2) is 5.01 Å². The molecule has 100 valence electrons. The molecule has 2 bridgehead atoms. The number of anilines is 1. The van der Waals surface area contributed by atoms with Crippen molar-refractivity contribution in [3.63, 3.8) is 0 Å². The molecule has 5 heterocycles. The lowest BCUT2D eigenvalue weighted by atomic mass is 10.1. The first-order valence-corrected chi connectivity index (χ1v) is 7.31. The molecule has 0 N–H and O–H groups in total. The van der Waals surface area contributed by atoms with Gasteiger partial charge in [-0.25, -0.2) is 0 Å². The maximum absolute atomic E-state index is 4.75. The van der Waals surface area contributed by atoms with Gasteiger partial charge in [-0.2, -0.15) is 4.98 Å². The zero-order valence-electron chi connectivity index (χ0n) is 10.4. The molecule has 19 heavy (non-hydrogen) atoms. The van der Waals surface area contributed by atoms with Crippen LogP contribution in [0.15, 0.2) is 10.9 Å². The zero-order valence-corrected chi connectivity index (χ0v) is 11.2. The second kappa shape index (κ2) is 4.53. The number of piperidine rings is 1. The molecule has 3 aliphatic heterocycles. The Morgan fingerprint density at radius 2 is 2.05 bits per heavy atom. The van der Waals surface area contributed by atoms with Crippen molar-refractivity contribution in [3.05, 3.63) is 6.39 Å². The first-order chi connectivity index (χ1) is 9.40. The largest absolute Gasteiger partial charge is 0.342 e. The van der Waals surface area contributed by atoms with Crippen LogP contribution in [-0.2, 0) is 0 Å². The Balaban J connectivity index is 1.62. The highest BCUT2D eigenvalue weighted by molar-refractivity contribution is 7.18. The summed E-state index contributed by atoms with van der Waals surface area (Å²) >= 11 is 1.54. The lowest BCUT2D eigenvalue weighted by Crippen LogP contribution is -2.37. The van der Waals surface area contributed by atoms with Crippen LogP contribution in [0.25, 0.3) is 10.8 Å². The maximum Gasteiger partial charge on any atom is 0.233 e. The fourth-order valence-electron chi connectivity index (χ4n) is 2.82. The van der Waals surface area contributed by atoms with Crippen LogP contribution in [0.1, 0.15) is 12.8 Å². The predicted molar refractivity (Wildman–Crippen MR) is 70.0 cm³/mol. The Bertz CT molecular complexity index is 547. The third-order valence-corrected chi connectivity index (χ3v) is 4.82. The van der Waals surface area contributed by atoms with Crippen molar-refractivity contribution < 1.29 is 4.52 Å². The summed E-state index contributed by atoms with van der Waals surface area (Å²) in [5, 5.41) is 14.0. The van der Waals surface area contributed by atoms with Crippen LogP contribution < -0.4 is 4.90 Å². The summed E-state index contributed by atoms with van der Waals surface area (Å²) in [4.78, 5) is 8.94. The average Bonchev–Trinajstić information content (AvgIpc) is 3.05. The summed E-state index contributed by atoms with van der Waals surface area (Å²) in [5.74, 6) is 0.520. The number of hydrogen-bond donors (Lipinski definition) is 0. The van der Waals surface area contributed by atoms with Crippen molar-refractivity contribution in [1.82, 2.24) is 25.2 Å². The summed E-state index contributed by atoms with van der Waals surface area (Å²) in [5.41, 5.74) is 0. The minimum Gasteiger partial charge on any atom is -0.342 e. The van der Waals surface area contributed by atoms with E-state index in [4.69, 9.17) is 4.52 Å². The molecule has 0 atom stereocenters. The van der Waals surface area contributed by atoms with Gasteiger partial charge in [0.05, 0.1) is 0 Å². The van der Waals surface area contributed by atoms with E-state index in [1.807, 2.05) is 0 Å². The van der Waals surface area contributed by atoms with Gasteiger partial charge in [-0.05, 0) is 12.8 Å². The molecule has 3 fully saturated rings. The van der Waals surface area contributed by atoms with E-state index in [9.17, 15) is 0 Å². The van der Waals surface area contributed by atoms with Crippen LogP contribution in [0.5, 0.6) is 0 Å². The van der Waals surface area contributed by atoms with Gasteiger partial charge >= 0.3 is 0 Å². The molecule has 3 saturated heterocycles. The monoisotopic (exact) mass is 278 g/mol. The Labute approximate surface area is 114 Å². The Morgan fingerprint density at radius 3 is 2.84 bits per heavy atom. The van der Waals surface area contributed by atoms with E-state index < -0.39 is 0 Å². The van der Waals surface area contributed by atoms with E-state index in [0.717, 1.165) is 23.2 Å². The average molecular weight is 278 g/mol. The van der Waals surface area contributed by atoms with E-state index in [2.05, 4.69) is 30.1 Å². The Kier molecular flexibility index (Phi) is 2.70. The number of nitrogens with zero attached hydrogens (tertiary/aromatic N) is 6. The van der Waals surface area contributed by atoms with Crippen molar-refractivity contribution >= 4 is 16.5 Å². The SMILES string of the molecule is c1nc(-c2nnc(N3CCN4CCC3CC4)s2)no1. The number of aromatic nitrogens is 4. The predicted octanol–water partition coefficient (Wildman–Crippen LogP) is 0.873. The summed E-state index contributed by atoms with van der Waals surface area (Å²) in [6.07, 6.45) is 3.76. The molecule has 3 aliphatic rings. The summed E-state index contributed by atoms with van der Waals surface area (Å²) < 4.78 is 4.75. The Morgan fingerprint density at radius 1 is 1.16 bits per heavy atom. The standard InChI is InChI=1S/C11H14N6OS/c1-3-16-4-2-8(1)17(6-5-16)11-14-13-10(19-11)9-12-7-18-15-9/h7-8H,1-6H2. The second-order valence-electron chi connectivity index (χ2n) is 4.91. The van der Waals surface area contributed by atoms with Gasteiger partial charge in [-0.15, -0.1) is 10.2 Å². The summed E-state index contributed by atoms with van der Waals surface area (Å²) in [7, 11) is 0.